The molecule has 1 aliphatic carbocycles. The minimum absolute atomic E-state index is 1.44. The fraction of sp³-hybridized carbons (Fsp3) is 0.308. The van der Waals surface area contributed by atoms with Gasteiger partial charge in [-0.15, -0.1) is 0 Å². The molecule has 0 heterocycles. The van der Waals surface area contributed by atoms with Crippen LogP contribution >= 0.6 is 0 Å². The summed E-state index contributed by atoms with van der Waals surface area (Å²) in [5.74, 6) is -15.1. The van der Waals surface area contributed by atoms with Gasteiger partial charge in [0.2, 0.25) is 5.78 Å². The number of aliphatic hydroxyl groups is 1. The van der Waals surface area contributed by atoms with Crippen molar-refractivity contribution in [2.24, 2.45) is 0 Å². The predicted molar refractivity (Wildman–Crippen MR) is 60.5 cm³/mol. The lowest BCUT2D eigenvalue weighted by Crippen LogP contribution is -2.59. The number of allylic oxidation sites excluding steroid dienone is 1. The molecule has 0 fully saturated rings. The highest BCUT2D eigenvalue weighted by Crippen LogP contribution is 2.50. The van der Waals surface area contributed by atoms with Gasteiger partial charge in [-0.05, 0) is 0 Å². The second-order valence-electron chi connectivity index (χ2n) is 5.10. The highest BCUT2D eigenvalue weighted by atomic mass is 19.4. The molecule has 13 heteroatoms. The largest absolute Gasteiger partial charge is 0.507 e. The van der Waals surface area contributed by atoms with E-state index in [4.69, 9.17) is 0 Å². The summed E-state index contributed by atoms with van der Waals surface area (Å²) >= 11 is 0. The van der Waals surface area contributed by atoms with Gasteiger partial charge in [-0.25, -0.2) is 22.0 Å². The molecular formula is C13H3F11O2. The molecule has 0 spiro atoms. The van der Waals surface area contributed by atoms with Gasteiger partial charge in [-0.1, -0.05) is 0 Å². The van der Waals surface area contributed by atoms with Crippen molar-refractivity contribution in [1.82, 2.24) is 0 Å². The van der Waals surface area contributed by atoms with E-state index < -0.39 is 76.0 Å². The van der Waals surface area contributed by atoms with Crippen LogP contribution < -0.4 is 0 Å². The Morgan fingerprint density at radius 2 is 1.19 bits per heavy atom. The number of hydrogen-bond acceptors (Lipinski definition) is 2. The van der Waals surface area contributed by atoms with Crippen LogP contribution in [0.3, 0.4) is 0 Å². The van der Waals surface area contributed by atoms with Crippen LogP contribution in [-0.4, -0.2) is 28.9 Å². The average molecular weight is 400 g/mol. The molecule has 144 valence electrons. The molecular weight excluding hydrogens is 397 g/mol. The average Bonchev–Trinajstić information content (AvgIpc) is 2.84. The molecule has 0 atom stereocenters. The number of benzene rings is 1. The molecule has 0 aromatic heterocycles. The van der Waals surface area contributed by atoms with E-state index in [1.807, 2.05) is 0 Å². The van der Waals surface area contributed by atoms with Crippen LogP contribution in [0.2, 0.25) is 0 Å². The number of aliphatic hydroxyl groups excluding tert-OH is 1. The Balaban J connectivity index is 2.71. The molecule has 0 saturated carbocycles. The van der Waals surface area contributed by atoms with E-state index in [1.54, 1.807) is 0 Å². The van der Waals surface area contributed by atoms with Gasteiger partial charge in [0.15, 0.2) is 23.3 Å². The topological polar surface area (TPSA) is 37.3 Å². The van der Waals surface area contributed by atoms with Crippen LogP contribution in [0.15, 0.2) is 5.57 Å². The molecule has 1 aromatic rings. The fourth-order valence-corrected chi connectivity index (χ4v) is 2.32. The first kappa shape index (κ1) is 20.0. The number of fused-ring (bicyclic) bond motifs is 1. The maximum absolute atomic E-state index is 13.7. The summed E-state index contributed by atoms with van der Waals surface area (Å²) in [7, 11) is 0. The standard InChI is InChI=1S/C13H3F11O2/c14-5-2-1-3(9(25)4(2)6(15)8(17)7(5)16)10(26)11(18,12(19,20)21)13(22,23)24/h25H,1H2. The molecule has 1 aromatic carbocycles. The molecule has 2 nitrogen and oxygen atoms in total. The lowest BCUT2D eigenvalue weighted by atomic mass is 9.91. The number of alkyl halides is 7. The molecule has 1 aliphatic rings. The lowest BCUT2D eigenvalue weighted by Gasteiger charge is -2.28. The van der Waals surface area contributed by atoms with Crippen molar-refractivity contribution in [2.75, 3.05) is 0 Å². The molecule has 0 bridgehead atoms. The van der Waals surface area contributed by atoms with Gasteiger partial charge in [-0.3, -0.25) is 4.79 Å². The summed E-state index contributed by atoms with van der Waals surface area (Å²) in [5, 5.41) is 9.49. The first-order chi connectivity index (χ1) is 11.6. The number of halogens is 11. The van der Waals surface area contributed by atoms with Gasteiger partial charge >= 0.3 is 18.0 Å². The Morgan fingerprint density at radius 3 is 1.62 bits per heavy atom. The number of Topliss-reactive ketones (excluding diaryl/α,β-unsaturated/α-hetero) is 1. The lowest BCUT2D eigenvalue weighted by molar-refractivity contribution is -0.324. The van der Waals surface area contributed by atoms with Crippen LogP contribution in [0, 0.1) is 23.3 Å². The molecule has 0 unspecified atom stereocenters. The van der Waals surface area contributed by atoms with Crippen molar-refractivity contribution in [1.29, 1.82) is 0 Å². The van der Waals surface area contributed by atoms with Crippen LogP contribution in [0.4, 0.5) is 48.3 Å². The Labute approximate surface area is 135 Å². The zero-order valence-electron chi connectivity index (χ0n) is 11.7. The third-order valence-electron chi connectivity index (χ3n) is 3.61. The van der Waals surface area contributed by atoms with Crippen molar-refractivity contribution in [2.45, 2.75) is 24.4 Å². The minimum Gasteiger partial charge on any atom is -0.507 e. The maximum atomic E-state index is 13.7. The number of rotatable bonds is 2. The van der Waals surface area contributed by atoms with E-state index >= 15 is 0 Å². The summed E-state index contributed by atoms with van der Waals surface area (Å²) < 4.78 is 142. The van der Waals surface area contributed by atoms with Crippen LogP contribution in [0.25, 0.3) is 5.76 Å². The van der Waals surface area contributed by atoms with Crippen molar-refractivity contribution in [3.63, 3.8) is 0 Å². The highest BCUT2D eigenvalue weighted by Gasteiger charge is 2.77. The van der Waals surface area contributed by atoms with Gasteiger partial charge in [0, 0.05) is 17.6 Å². The van der Waals surface area contributed by atoms with E-state index in [2.05, 4.69) is 0 Å². The van der Waals surface area contributed by atoms with Gasteiger partial charge in [0.1, 0.15) is 5.76 Å². The van der Waals surface area contributed by atoms with E-state index in [0.717, 1.165) is 0 Å². The highest BCUT2D eigenvalue weighted by molar-refractivity contribution is 6.09. The summed E-state index contributed by atoms with van der Waals surface area (Å²) in [4.78, 5) is 11.6. The van der Waals surface area contributed by atoms with Crippen molar-refractivity contribution in [3.8, 4) is 0 Å². The van der Waals surface area contributed by atoms with Crippen LogP contribution in [-0.2, 0) is 11.2 Å². The van der Waals surface area contributed by atoms with E-state index in [9.17, 15) is 58.2 Å². The van der Waals surface area contributed by atoms with Crippen molar-refractivity contribution < 1.29 is 58.2 Å². The van der Waals surface area contributed by atoms with Crippen LogP contribution in [0.1, 0.15) is 11.1 Å². The number of carbonyl (C=O) groups is 1. The fourth-order valence-electron chi connectivity index (χ4n) is 2.32. The predicted octanol–water partition coefficient (Wildman–Crippen LogP) is 4.47. The maximum Gasteiger partial charge on any atom is 0.439 e. The normalized spacial score (nSPS) is 15.5. The van der Waals surface area contributed by atoms with Gasteiger partial charge in [0.25, 0.3) is 0 Å². The second kappa shape index (κ2) is 5.58. The first-order valence-electron chi connectivity index (χ1n) is 6.21. The summed E-state index contributed by atoms with van der Waals surface area (Å²) in [5.41, 5.74) is -11.7. The zero-order chi connectivity index (χ0) is 20.4. The third-order valence-corrected chi connectivity index (χ3v) is 3.61. The Kier molecular flexibility index (Phi) is 4.29. The molecule has 0 amide bonds. The molecule has 26 heavy (non-hydrogen) atoms. The van der Waals surface area contributed by atoms with Crippen molar-refractivity contribution in [3.05, 3.63) is 40.0 Å². The molecule has 0 aliphatic heterocycles. The Hall–Kier alpha value is -2.34. The smallest absolute Gasteiger partial charge is 0.439 e. The summed E-state index contributed by atoms with van der Waals surface area (Å²) in [6.07, 6.45) is -15.4. The van der Waals surface area contributed by atoms with Gasteiger partial charge in [-0.2, -0.15) is 26.3 Å². The van der Waals surface area contributed by atoms with E-state index in [-0.39, 0.29) is 0 Å². The summed E-state index contributed by atoms with van der Waals surface area (Å²) in [6, 6.07) is 0. The molecule has 0 radical (unpaired) electrons. The first-order valence-corrected chi connectivity index (χ1v) is 6.21. The minimum atomic E-state index is -6.85. The van der Waals surface area contributed by atoms with Crippen LogP contribution in [0.5, 0.6) is 0 Å². The molecule has 0 saturated heterocycles. The molecule has 1 N–H and O–H groups in total. The Bertz CT molecular complexity index is 818. The Morgan fingerprint density at radius 1 is 0.769 bits per heavy atom. The second-order valence-corrected chi connectivity index (χ2v) is 5.10. The molecule has 2 rings (SSSR count). The third kappa shape index (κ3) is 2.43. The number of carbonyl (C=O) groups excluding carboxylic acids is 1. The van der Waals surface area contributed by atoms with Crippen molar-refractivity contribution >= 4 is 11.5 Å². The van der Waals surface area contributed by atoms with Gasteiger partial charge < -0.3 is 5.11 Å². The zero-order valence-corrected chi connectivity index (χ0v) is 11.7. The van der Waals surface area contributed by atoms with E-state index in [1.165, 1.54) is 0 Å². The SMILES string of the molecule is O=C(C1=C(O)c2c(F)c(F)c(F)c(F)c2C1)C(F)(C(F)(F)F)C(F)(F)F. The number of hydrogen-bond donors (Lipinski definition) is 1. The summed E-state index contributed by atoms with van der Waals surface area (Å²) in [6.45, 7) is 0. The quantitative estimate of drug-likeness (QED) is 0.452. The van der Waals surface area contributed by atoms with E-state index in [0.29, 0.717) is 0 Å². The number of ketones is 1. The monoisotopic (exact) mass is 400 g/mol. The van der Waals surface area contributed by atoms with Gasteiger partial charge in [0.05, 0.1) is 5.56 Å².